The van der Waals surface area contributed by atoms with Gasteiger partial charge in [-0.2, -0.15) is 0 Å². The summed E-state index contributed by atoms with van der Waals surface area (Å²) in [5.74, 6) is -0.0642. The molecule has 1 fully saturated rings. The van der Waals surface area contributed by atoms with Crippen molar-refractivity contribution in [3.05, 3.63) is 94.4 Å². The van der Waals surface area contributed by atoms with Crippen LogP contribution in [-0.2, 0) is 16.1 Å². The van der Waals surface area contributed by atoms with Gasteiger partial charge in [0.2, 0.25) is 0 Å². The Bertz CT molecular complexity index is 1320. The second-order valence-corrected chi connectivity index (χ2v) is 9.00. The van der Waals surface area contributed by atoms with Crippen molar-refractivity contribution in [1.82, 2.24) is 4.90 Å². The van der Waals surface area contributed by atoms with Gasteiger partial charge in [0.1, 0.15) is 6.61 Å². The number of aromatic carboxylic acids is 1. The molecule has 9 heteroatoms. The Morgan fingerprint density at radius 2 is 1.78 bits per heavy atom. The van der Waals surface area contributed by atoms with E-state index in [0.717, 1.165) is 16.8 Å². The molecule has 0 atom stereocenters. The van der Waals surface area contributed by atoms with E-state index in [1.54, 1.807) is 49.5 Å². The molecule has 1 aliphatic heterocycles. The number of benzene rings is 3. The number of nitrogens with zero attached hydrogens (tertiary/aromatic N) is 2. The monoisotopic (exact) mass is 518 g/mol. The molecule has 37 heavy (non-hydrogen) atoms. The highest BCUT2D eigenvalue weighted by molar-refractivity contribution is 8.18. The number of aliphatic imine (C=N–C) groups is 1. The Hall–Kier alpha value is -4.08. The Morgan fingerprint density at radius 1 is 1.03 bits per heavy atom. The quantitative estimate of drug-likeness (QED) is 0.367. The molecule has 8 nitrogen and oxygen atoms in total. The molecule has 0 spiro atoms. The molecular weight excluding hydrogens is 492 g/mol. The van der Waals surface area contributed by atoms with Crippen LogP contribution in [-0.4, -0.2) is 54.4 Å². The second kappa shape index (κ2) is 12.2. The molecule has 0 aliphatic carbocycles. The van der Waals surface area contributed by atoms with Crippen LogP contribution in [0.15, 0.2) is 82.7 Å². The number of ether oxygens (including phenoxy) is 3. The summed E-state index contributed by atoms with van der Waals surface area (Å²) >= 11 is 1.31. The molecule has 0 bridgehead atoms. The SMILES string of the molecule is COCCN1C(=O)/C(=C\c2ccc(OCc3ccc(C(=O)O)cc3)c(OC)c2)SC1=Nc1ccccc1. The van der Waals surface area contributed by atoms with E-state index in [-0.39, 0.29) is 18.1 Å². The second-order valence-electron chi connectivity index (χ2n) is 7.99. The Balaban J connectivity index is 1.52. The molecule has 1 amide bonds. The summed E-state index contributed by atoms with van der Waals surface area (Å²) in [4.78, 5) is 31.0. The molecule has 1 heterocycles. The number of methoxy groups -OCH3 is 2. The van der Waals surface area contributed by atoms with Crippen molar-refractivity contribution >= 4 is 40.6 Å². The Labute approximate surface area is 219 Å². The van der Waals surface area contributed by atoms with Gasteiger partial charge in [0, 0.05) is 7.11 Å². The zero-order valence-electron chi connectivity index (χ0n) is 20.4. The molecule has 3 aromatic carbocycles. The highest BCUT2D eigenvalue weighted by Crippen LogP contribution is 2.36. The number of amides is 1. The number of carboxylic acid groups (broad SMARTS) is 1. The van der Waals surface area contributed by atoms with Gasteiger partial charge in [0.25, 0.3) is 5.91 Å². The van der Waals surface area contributed by atoms with Gasteiger partial charge in [-0.25, -0.2) is 9.79 Å². The maximum absolute atomic E-state index is 13.2. The molecule has 0 radical (unpaired) electrons. The van der Waals surface area contributed by atoms with E-state index in [2.05, 4.69) is 4.99 Å². The van der Waals surface area contributed by atoms with Crippen molar-refractivity contribution in [2.75, 3.05) is 27.4 Å². The highest BCUT2D eigenvalue weighted by atomic mass is 32.2. The fourth-order valence-electron chi connectivity index (χ4n) is 3.53. The van der Waals surface area contributed by atoms with E-state index in [9.17, 15) is 9.59 Å². The lowest BCUT2D eigenvalue weighted by molar-refractivity contribution is -0.122. The number of rotatable bonds is 10. The molecule has 1 saturated heterocycles. The van der Waals surface area contributed by atoms with Gasteiger partial charge in [-0.3, -0.25) is 9.69 Å². The third kappa shape index (κ3) is 6.58. The zero-order chi connectivity index (χ0) is 26.2. The first-order valence-corrected chi connectivity index (χ1v) is 12.3. The van der Waals surface area contributed by atoms with Crippen LogP contribution in [0.3, 0.4) is 0 Å². The van der Waals surface area contributed by atoms with Gasteiger partial charge in [-0.15, -0.1) is 0 Å². The maximum atomic E-state index is 13.2. The van der Waals surface area contributed by atoms with Crippen LogP contribution in [0.5, 0.6) is 11.5 Å². The smallest absolute Gasteiger partial charge is 0.335 e. The summed E-state index contributed by atoms with van der Waals surface area (Å²) in [6, 6.07) is 21.4. The van der Waals surface area contributed by atoms with Crippen molar-refractivity contribution < 1.29 is 28.9 Å². The van der Waals surface area contributed by atoms with Crippen molar-refractivity contribution in [3.63, 3.8) is 0 Å². The molecule has 3 aromatic rings. The van der Waals surface area contributed by atoms with Crippen molar-refractivity contribution in [2.45, 2.75) is 6.61 Å². The number of hydrogen-bond donors (Lipinski definition) is 1. The summed E-state index contributed by atoms with van der Waals surface area (Å²) in [7, 11) is 3.15. The predicted octanol–water partition coefficient (Wildman–Crippen LogP) is 5.22. The minimum Gasteiger partial charge on any atom is -0.493 e. The summed E-state index contributed by atoms with van der Waals surface area (Å²) in [5, 5.41) is 9.64. The topological polar surface area (TPSA) is 97.7 Å². The normalized spacial score (nSPS) is 15.4. The highest BCUT2D eigenvalue weighted by Gasteiger charge is 2.33. The summed E-state index contributed by atoms with van der Waals surface area (Å²) in [6.45, 7) is 1.04. The lowest BCUT2D eigenvalue weighted by Crippen LogP contribution is -2.32. The summed E-state index contributed by atoms with van der Waals surface area (Å²) in [6.07, 6.45) is 1.80. The largest absolute Gasteiger partial charge is 0.493 e. The van der Waals surface area contributed by atoms with E-state index < -0.39 is 5.97 Å². The lowest BCUT2D eigenvalue weighted by Gasteiger charge is -2.14. The molecule has 1 N–H and O–H groups in total. The van der Waals surface area contributed by atoms with Crippen molar-refractivity contribution in [2.24, 2.45) is 4.99 Å². The van der Waals surface area contributed by atoms with E-state index >= 15 is 0 Å². The fraction of sp³-hybridized carbons (Fsp3) is 0.179. The van der Waals surface area contributed by atoms with Crippen LogP contribution in [0.1, 0.15) is 21.5 Å². The number of hydrogen-bond acceptors (Lipinski definition) is 7. The van der Waals surface area contributed by atoms with Gasteiger partial charge >= 0.3 is 5.97 Å². The maximum Gasteiger partial charge on any atom is 0.335 e. The van der Waals surface area contributed by atoms with Crippen LogP contribution in [0, 0.1) is 0 Å². The number of para-hydroxylation sites is 1. The van der Waals surface area contributed by atoms with Crippen molar-refractivity contribution in [3.8, 4) is 11.5 Å². The zero-order valence-corrected chi connectivity index (χ0v) is 21.2. The van der Waals surface area contributed by atoms with Crippen LogP contribution in [0.4, 0.5) is 5.69 Å². The lowest BCUT2D eigenvalue weighted by atomic mass is 10.1. The third-order valence-corrected chi connectivity index (χ3v) is 6.48. The predicted molar refractivity (Wildman–Crippen MR) is 143 cm³/mol. The van der Waals surface area contributed by atoms with E-state index in [0.29, 0.717) is 34.7 Å². The third-order valence-electron chi connectivity index (χ3n) is 5.47. The molecule has 0 aromatic heterocycles. The van der Waals surface area contributed by atoms with Gasteiger partial charge < -0.3 is 19.3 Å². The van der Waals surface area contributed by atoms with Crippen LogP contribution >= 0.6 is 11.8 Å². The molecular formula is C28H26N2O6S. The number of carbonyl (C=O) groups excluding carboxylic acids is 1. The minimum atomic E-state index is -0.974. The van der Waals surface area contributed by atoms with Crippen LogP contribution in [0.2, 0.25) is 0 Å². The summed E-state index contributed by atoms with van der Waals surface area (Å²) < 4.78 is 16.6. The summed E-state index contributed by atoms with van der Waals surface area (Å²) in [5.41, 5.74) is 2.59. The molecule has 1 aliphatic rings. The van der Waals surface area contributed by atoms with Crippen LogP contribution < -0.4 is 9.47 Å². The van der Waals surface area contributed by atoms with E-state index in [1.807, 2.05) is 36.4 Å². The first-order chi connectivity index (χ1) is 18.0. The average molecular weight is 519 g/mol. The standard InChI is InChI=1S/C28H26N2O6S/c1-34-15-14-30-26(31)25(37-28(30)29-22-6-4-3-5-7-22)17-20-10-13-23(24(16-20)35-2)36-18-19-8-11-21(12-9-19)27(32)33/h3-13,16-17H,14-15,18H2,1-2H3,(H,32,33)/b25-17+,29-28?. The number of carboxylic acids is 1. The van der Waals surface area contributed by atoms with Gasteiger partial charge in [0.05, 0.1) is 36.4 Å². The van der Waals surface area contributed by atoms with E-state index in [1.165, 1.54) is 23.9 Å². The average Bonchev–Trinajstić information content (AvgIpc) is 3.20. The minimum absolute atomic E-state index is 0.138. The first-order valence-electron chi connectivity index (χ1n) is 11.5. The van der Waals surface area contributed by atoms with Crippen LogP contribution in [0.25, 0.3) is 6.08 Å². The first kappa shape index (κ1) is 26.0. The molecule has 0 saturated carbocycles. The molecule has 4 rings (SSSR count). The van der Waals surface area contributed by atoms with Gasteiger partial charge in [-0.05, 0) is 65.4 Å². The van der Waals surface area contributed by atoms with Gasteiger partial charge in [0.15, 0.2) is 16.7 Å². The number of carbonyl (C=O) groups is 2. The number of amidine groups is 1. The molecule has 0 unspecified atom stereocenters. The fourth-order valence-corrected chi connectivity index (χ4v) is 4.56. The Kier molecular flexibility index (Phi) is 8.60. The van der Waals surface area contributed by atoms with Crippen molar-refractivity contribution in [1.29, 1.82) is 0 Å². The van der Waals surface area contributed by atoms with E-state index in [4.69, 9.17) is 19.3 Å². The molecule has 190 valence electrons. The van der Waals surface area contributed by atoms with Gasteiger partial charge in [-0.1, -0.05) is 36.4 Å². The Morgan fingerprint density at radius 3 is 2.46 bits per heavy atom. The number of thioether (sulfide) groups is 1.